The van der Waals surface area contributed by atoms with Gasteiger partial charge in [-0.3, -0.25) is 0 Å². The second-order valence-electron chi connectivity index (χ2n) is 7.55. The Morgan fingerprint density at radius 1 is 1.10 bits per heavy atom. The van der Waals surface area contributed by atoms with Crippen LogP contribution >= 0.6 is 0 Å². The molecule has 0 bridgehead atoms. The minimum atomic E-state index is -0.482. The van der Waals surface area contributed by atoms with E-state index in [1.54, 1.807) is 0 Å². The summed E-state index contributed by atoms with van der Waals surface area (Å²) in [5, 5.41) is 5.93. The van der Waals surface area contributed by atoms with E-state index in [2.05, 4.69) is 31.6 Å². The molecule has 2 N–H and O–H groups in total. The van der Waals surface area contributed by atoms with Crippen LogP contribution in [0.2, 0.25) is 0 Å². The molecule has 0 aliphatic heterocycles. The Morgan fingerprint density at radius 3 is 2.31 bits per heavy atom. The van der Waals surface area contributed by atoms with Crippen molar-refractivity contribution in [2.45, 2.75) is 52.8 Å². The Balaban J connectivity index is 2.60. The van der Waals surface area contributed by atoms with Crippen molar-refractivity contribution < 1.29 is 19.1 Å². The van der Waals surface area contributed by atoms with Crippen molar-refractivity contribution in [1.82, 2.24) is 10.6 Å². The molecule has 1 amide bonds. The number of carbonyl (C=O) groups is 2. The van der Waals surface area contributed by atoms with Crippen LogP contribution in [0.15, 0.2) is 35.3 Å². The molecular formula is C21H32N3O4Se. The zero-order valence-electron chi connectivity index (χ0n) is 17.8. The van der Waals surface area contributed by atoms with Crippen LogP contribution in [-0.2, 0) is 20.9 Å². The number of alkyl carbamates (subject to hydrolysis) is 1. The molecule has 0 unspecified atom stereocenters. The Hall–Kier alpha value is -2.05. The quantitative estimate of drug-likeness (QED) is 0.238. The van der Waals surface area contributed by atoms with Crippen LogP contribution in [0.3, 0.4) is 0 Å². The van der Waals surface area contributed by atoms with Crippen LogP contribution in [0, 0.1) is 11.8 Å². The standard InChI is InChI=1S/C21H32N3O4Se/c1-14(2)11-17(19(25)27-5)23-20(29)22-12-18(15(3)4)24-21(26)28-13-16-9-7-6-8-10-16/h6-10,14-15,17-18H,11-13H2,1-5H3,(H,22,23)(H,24,26)/t17-,18+/m0/s1. The summed E-state index contributed by atoms with van der Waals surface area (Å²) < 4.78 is 10.6. The topological polar surface area (TPSA) is 89.0 Å². The van der Waals surface area contributed by atoms with Gasteiger partial charge in [0.25, 0.3) is 0 Å². The van der Waals surface area contributed by atoms with Crippen molar-refractivity contribution >= 4 is 32.8 Å². The number of rotatable bonds is 10. The Bertz CT molecular complexity index is 665. The van der Waals surface area contributed by atoms with Gasteiger partial charge in [0, 0.05) is 0 Å². The monoisotopic (exact) mass is 470 g/mol. The van der Waals surface area contributed by atoms with Gasteiger partial charge in [-0.05, 0) is 0 Å². The molecule has 0 aromatic heterocycles. The average Bonchev–Trinajstić information content (AvgIpc) is 2.68. The first kappa shape index (κ1) is 25.0. The predicted octanol–water partition coefficient (Wildman–Crippen LogP) is 2.64. The molecule has 8 heteroatoms. The molecule has 1 rings (SSSR count). The molecule has 7 nitrogen and oxygen atoms in total. The second-order valence-corrected chi connectivity index (χ2v) is 8.36. The number of hydrogen-bond donors (Lipinski definition) is 2. The summed E-state index contributed by atoms with van der Waals surface area (Å²) in [5.41, 5.74) is 0.926. The summed E-state index contributed by atoms with van der Waals surface area (Å²) in [7, 11) is 1.37. The molecule has 161 valence electrons. The summed E-state index contributed by atoms with van der Waals surface area (Å²) in [5.74, 6) is 0.149. The van der Waals surface area contributed by atoms with Crippen LogP contribution in [0.5, 0.6) is 0 Å². The van der Waals surface area contributed by atoms with Gasteiger partial charge in [-0.2, -0.15) is 0 Å². The van der Waals surface area contributed by atoms with E-state index in [0.717, 1.165) is 5.56 Å². The number of benzene rings is 1. The van der Waals surface area contributed by atoms with Crippen molar-refractivity contribution in [2.24, 2.45) is 16.8 Å². The van der Waals surface area contributed by atoms with Gasteiger partial charge in [0.1, 0.15) is 0 Å². The first-order valence-electron chi connectivity index (χ1n) is 9.76. The molecule has 1 aromatic rings. The van der Waals surface area contributed by atoms with Crippen LogP contribution in [0.1, 0.15) is 39.7 Å². The second kappa shape index (κ2) is 13.2. The molecule has 0 saturated carbocycles. The molecule has 29 heavy (non-hydrogen) atoms. The number of amides is 1. The number of ether oxygens (including phenoxy) is 2. The van der Waals surface area contributed by atoms with E-state index >= 15 is 0 Å². The molecule has 0 heterocycles. The molecular weight excluding hydrogens is 437 g/mol. The minimum absolute atomic E-state index is 0.155. The van der Waals surface area contributed by atoms with Crippen molar-refractivity contribution in [3.63, 3.8) is 0 Å². The average molecular weight is 469 g/mol. The molecule has 1 radical (unpaired) electrons. The number of carbonyl (C=O) groups excluding carboxylic acids is 2. The van der Waals surface area contributed by atoms with Gasteiger partial charge >= 0.3 is 182 Å². The molecule has 0 saturated heterocycles. The van der Waals surface area contributed by atoms with E-state index < -0.39 is 12.1 Å². The Morgan fingerprint density at radius 2 is 1.76 bits per heavy atom. The van der Waals surface area contributed by atoms with Gasteiger partial charge in [-0.1, -0.05) is 0 Å². The van der Waals surface area contributed by atoms with Crippen molar-refractivity contribution in [3.05, 3.63) is 35.9 Å². The fourth-order valence-corrected chi connectivity index (χ4v) is 3.00. The van der Waals surface area contributed by atoms with E-state index in [1.165, 1.54) is 7.11 Å². The van der Waals surface area contributed by atoms with E-state index in [-0.39, 0.29) is 24.5 Å². The van der Waals surface area contributed by atoms with Crippen LogP contribution in [-0.4, -0.2) is 58.5 Å². The molecule has 0 spiro atoms. The summed E-state index contributed by atoms with van der Waals surface area (Å²) in [6, 6.07) is 8.83. The van der Waals surface area contributed by atoms with Crippen LogP contribution < -0.4 is 10.6 Å². The number of nitrogens with zero attached hydrogens (tertiary/aromatic N) is 1. The fourth-order valence-electron chi connectivity index (χ4n) is 2.54. The number of nitrogens with one attached hydrogen (secondary N) is 2. The zero-order valence-corrected chi connectivity index (χ0v) is 19.5. The first-order chi connectivity index (χ1) is 13.7. The predicted molar refractivity (Wildman–Crippen MR) is 115 cm³/mol. The van der Waals surface area contributed by atoms with E-state index in [4.69, 9.17) is 9.47 Å². The number of aliphatic imine (C=N–C) groups is 1. The summed E-state index contributed by atoms with van der Waals surface area (Å²) in [6.45, 7) is 8.63. The van der Waals surface area contributed by atoms with E-state index in [1.807, 2.05) is 58.0 Å². The normalized spacial score (nSPS) is 13.7. The molecule has 0 aliphatic rings. The van der Waals surface area contributed by atoms with Gasteiger partial charge in [0.2, 0.25) is 0 Å². The molecule has 0 fully saturated rings. The number of hydrogen-bond acceptors (Lipinski definition) is 5. The number of methoxy groups -OCH3 is 1. The molecule has 1 aromatic carbocycles. The number of esters is 1. The first-order valence-corrected chi connectivity index (χ1v) is 10.6. The van der Waals surface area contributed by atoms with Gasteiger partial charge in [0.15, 0.2) is 0 Å². The summed E-state index contributed by atoms with van der Waals surface area (Å²) in [4.78, 5) is 28.5. The third-order valence-electron chi connectivity index (χ3n) is 4.24. The van der Waals surface area contributed by atoms with Crippen LogP contribution in [0.25, 0.3) is 0 Å². The van der Waals surface area contributed by atoms with E-state index in [9.17, 15) is 9.59 Å². The molecule has 0 aliphatic carbocycles. The molecule has 2 atom stereocenters. The third kappa shape index (κ3) is 10.3. The number of amidine groups is 1. The van der Waals surface area contributed by atoms with Gasteiger partial charge in [0.05, 0.1) is 0 Å². The fraction of sp³-hybridized carbons (Fsp3) is 0.571. The Kier molecular flexibility index (Phi) is 11.4. The van der Waals surface area contributed by atoms with Gasteiger partial charge in [-0.15, -0.1) is 0 Å². The van der Waals surface area contributed by atoms with E-state index in [0.29, 0.717) is 23.6 Å². The summed E-state index contributed by atoms with van der Waals surface area (Å²) in [6.07, 6.45) is 0.148. The third-order valence-corrected chi connectivity index (χ3v) is 4.76. The van der Waals surface area contributed by atoms with Crippen molar-refractivity contribution in [3.8, 4) is 0 Å². The van der Waals surface area contributed by atoms with Crippen molar-refractivity contribution in [2.75, 3.05) is 13.7 Å². The maximum absolute atomic E-state index is 12.1. The summed E-state index contributed by atoms with van der Waals surface area (Å²) >= 11 is 2.84. The maximum atomic E-state index is 12.1. The van der Waals surface area contributed by atoms with Crippen LogP contribution in [0.4, 0.5) is 4.79 Å². The SMILES string of the molecule is COC(=O)[C@H](CC(C)C)NC([Se])=NC[C@@H](NC(=O)OCc1ccccc1)C(C)C. The van der Waals surface area contributed by atoms with Gasteiger partial charge in [-0.25, -0.2) is 0 Å². The van der Waals surface area contributed by atoms with Gasteiger partial charge < -0.3 is 0 Å². The zero-order chi connectivity index (χ0) is 21.8. The Labute approximate surface area is 181 Å². The van der Waals surface area contributed by atoms with Crippen molar-refractivity contribution in [1.29, 1.82) is 0 Å².